The minimum absolute atomic E-state index is 0.0105. The number of carbonyl (C=O) groups is 2. The molecule has 9 heteroatoms. The first-order valence-electron chi connectivity index (χ1n) is 11.3. The summed E-state index contributed by atoms with van der Waals surface area (Å²) in [5.74, 6) is -2.22. The van der Waals surface area contributed by atoms with Gasteiger partial charge in [-0.2, -0.15) is 0 Å². The molecule has 0 aliphatic heterocycles. The number of rotatable bonds is 10. The Morgan fingerprint density at radius 2 is 1.74 bits per heavy atom. The summed E-state index contributed by atoms with van der Waals surface area (Å²) in [6.45, 7) is 3.36. The smallest absolute Gasteiger partial charge is 0.290 e. The first-order valence-corrected chi connectivity index (χ1v) is 11.3. The van der Waals surface area contributed by atoms with Crippen LogP contribution in [0.2, 0.25) is 0 Å². The fourth-order valence-corrected chi connectivity index (χ4v) is 3.74. The van der Waals surface area contributed by atoms with E-state index in [9.17, 15) is 23.5 Å². The first kappa shape index (κ1) is 26.1. The topological polar surface area (TPSA) is 109 Å². The molecule has 2 atom stereocenters. The summed E-state index contributed by atoms with van der Waals surface area (Å²) in [6, 6.07) is 12.8. The molecular weight excluding hydrogens is 456 g/mol. The SMILES string of the molecule is CCc1cccc(CN(CC(O)C(N)Cc2cc(F)cc(F)c2)C(=O)c2ccc(NC(C)=O)o2)c1. The number of nitrogens with zero attached hydrogens (tertiary/aromatic N) is 1. The molecular formula is C26H29F2N3O4. The Morgan fingerprint density at radius 1 is 1.06 bits per heavy atom. The second kappa shape index (κ2) is 11.7. The van der Waals surface area contributed by atoms with E-state index in [-0.39, 0.29) is 37.1 Å². The van der Waals surface area contributed by atoms with E-state index in [0.29, 0.717) is 5.56 Å². The van der Waals surface area contributed by atoms with Gasteiger partial charge in [-0.15, -0.1) is 0 Å². The summed E-state index contributed by atoms with van der Waals surface area (Å²) in [7, 11) is 0. The van der Waals surface area contributed by atoms with Gasteiger partial charge in [0.05, 0.1) is 6.10 Å². The third-order valence-electron chi connectivity index (χ3n) is 5.47. The molecule has 0 spiro atoms. The molecule has 0 saturated carbocycles. The van der Waals surface area contributed by atoms with Gasteiger partial charge >= 0.3 is 0 Å². The van der Waals surface area contributed by atoms with E-state index in [0.717, 1.165) is 35.7 Å². The van der Waals surface area contributed by atoms with Gasteiger partial charge in [0.1, 0.15) is 11.6 Å². The maximum Gasteiger partial charge on any atom is 0.290 e. The monoisotopic (exact) mass is 485 g/mol. The van der Waals surface area contributed by atoms with Gasteiger partial charge in [-0.05, 0) is 47.7 Å². The van der Waals surface area contributed by atoms with Crippen molar-refractivity contribution in [3.8, 4) is 0 Å². The molecule has 2 amide bonds. The molecule has 0 fully saturated rings. The van der Waals surface area contributed by atoms with E-state index in [1.54, 1.807) is 0 Å². The van der Waals surface area contributed by atoms with Crippen LogP contribution in [0.4, 0.5) is 14.7 Å². The number of carbonyl (C=O) groups excluding carboxylic acids is 2. The van der Waals surface area contributed by atoms with Crippen LogP contribution in [-0.4, -0.2) is 40.5 Å². The van der Waals surface area contributed by atoms with E-state index >= 15 is 0 Å². The van der Waals surface area contributed by atoms with Gasteiger partial charge in [0.25, 0.3) is 5.91 Å². The van der Waals surface area contributed by atoms with Crippen molar-refractivity contribution in [2.24, 2.45) is 5.73 Å². The number of amides is 2. The van der Waals surface area contributed by atoms with Gasteiger partial charge in [-0.1, -0.05) is 31.2 Å². The molecule has 4 N–H and O–H groups in total. The van der Waals surface area contributed by atoms with Crippen molar-refractivity contribution in [2.75, 3.05) is 11.9 Å². The van der Waals surface area contributed by atoms with Crippen molar-refractivity contribution < 1.29 is 27.9 Å². The van der Waals surface area contributed by atoms with Crippen LogP contribution in [0.15, 0.2) is 59.0 Å². The van der Waals surface area contributed by atoms with E-state index in [2.05, 4.69) is 5.32 Å². The number of hydrogen-bond donors (Lipinski definition) is 3. The molecule has 0 bridgehead atoms. The highest BCUT2D eigenvalue weighted by atomic mass is 19.1. The van der Waals surface area contributed by atoms with Crippen molar-refractivity contribution in [1.82, 2.24) is 4.90 Å². The number of aliphatic hydroxyl groups is 1. The summed E-state index contributed by atoms with van der Waals surface area (Å²) in [4.78, 5) is 25.9. The number of hydrogen-bond acceptors (Lipinski definition) is 5. The maximum absolute atomic E-state index is 13.5. The Kier molecular flexibility index (Phi) is 8.73. The van der Waals surface area contributed by atoms with E-state index < -0.39 is 29.7 Å². The molecule has 35 heavy (non-hydrogen) atoms. The van der Waals surface area contributed by atoms with Crippen molar-refractivity contribution in [1.29, 1.82) is 0 Å². The van der Waals surface area contributed by atoms with Gasteiger partial charge in [-0.3, -0.25) is 14.9 Å². The van der Waals surface area contributed by atoms with E-state index in [1.165, 1.54) is 24.0 Å². The Labute approximate surface area is 202 Å². The first-order chi connectivity index (χ1) is 16.6. The number of halogens is 2. The van der Waals surface area contributed by atoms with E-state index in [4.69, 9.17) is 10.2 Å². The highest BCUT2D eigenvalue weighted by Gasteiger charge is 2.26. The molecule has 0 saturated heterocycles. The average molecular weight is 486 g/mol. The fraction of sp³-hybridized carbons (Fsp3) is 0.308. The molecule has 2 unspecified atom stereocenters. The molecule has 1 heterocycles. The maximum atomic E-state index is 13.5. The van der Waals surface area contributed by atoms with E-state index in [1.807, 2.05) is 31.2 Å². The number of benzene rings is 2. The predicted octanol–water partition coefficient (Wildman–Crippen LogP) is 3.65. The zero-order valence-electron chi connectivity index (χ0n) is 19.6. The van der Waals surface area contributed by atoms with Crippen molar-refractivity contribution in [3.05, 3.63) is 88.7 Å². The predicted molar refractivity (Wildman–Crippen MR) is 128 cm³/mol. The summed E-state index contributed by atoms with van der Waals surface area (Å²) in [5, 5.41) is 13.3. The lowest BCUT2D eigenvalue weighted by molar-refractivity contribution is -0.114. The number of nitrogens with two attached hydrogens (primary N) is 1. The van der Waals surface area contributed by atoms with Gasteiger partial charge in [-0.25, -0.2) is 8.78 Å². The molecule has 1 aromatic heterocycles. The fourth-order valence-electron chi connectivity index (χ4n) is 3.74. The normalized spacial score (nSPS) is 12.7. The molecule has 3 rings (SSSR count). The number of furan rings is 1. The Balaban J connectivity index is 1.80. The number of anilines is 1. The van der Waals surface area contributed by atoms with Crippen molar-refractivity contribution in [3.63, 3.8) is 0 Å². The second-order valence-electron chi connectivity index (χ2n) is 8.42. The lowest BCUT2D eigenvalue weighted by Gasteiger charge is -2.28. The van der Waals surface area contributed by atoms with Crippen LogP contribution in [0.25, 0.3) is 0 Å². The quantitative estimate of drug-likeness (QED) is 0.406. The van der Waals surface area contributed by atoms with Gasteiger partial charge < -0.3 is 20.2 Å². The largest absolute Gasteiger partial charge is 0.435 e. The molecule has 7 nitrogen and oxygen atoms in total. The Bertz CT molecular complexity index is 1160. The second-order valence-corrected chi connectivity index (χ2v) is 8.42. The molecule has 186 valence electrons. The highest BCUT2D eigenvalue weighted by Crippen LogP contribution is 2.19. The average Bonchev–Trinajstić information content (AvgIpc) is 3.25. The lowest BCUT2D eigenvalue weighted by Crippen LogP contribution is -2.46. The van der Waals surface area contributed by atoms with Crippen LogP contribution in [0.1, 0.15) is 41.1 Å². The van der Waals surface area contributed by atoms with Crippen LogP contribution in [-0.2, 0) is 24.2 Å². The standard InChI is InChI=1S/C26H29F2N3O4/c1-3-17-5-4-6-18(9-17)14-31(26(34)24-7-8-25(35-24)30-16(2)32)15-23(33)22(29)12-19-10-20(27)13-21(28)11-19/h4-11,13,22-23,33H,3,12,14-15,29H2,1-2H3,(H,30,32). The molecule has 0 aliphatic carbocycles. The molecule has 0 aliphatic rings. The Hall–Kier alpha value is -3.56. The summed E-state index contributed by atoms with van der Waals surface area (Å²) >= 11 is 0. The van der Waals surface area contributed by atoms with Crippen LogP contribution < -0.4 is 11.1 Å². The van der Waals surface area contributed by atoms with Crippen LogP contribution >= 0.6 is 0 Å². The van der Waals surface area contributed by atoms with Crippen LogP contribution in [0.3, 0.4) is 0 Å². The minimum atomic E-state index is -1.19. The number of aryl methyl sites for hydroxylation is 1. The van der Waals surface area contributed by atoms with Gasteiger partial charge in [0, 0.05) is 38.2 Å². The highest BCUT2D eigenvalue weighted by molar-refractivity contribution is 5.93. The summed E-state index contributed by atoms with van der Waals surface area (Å²) in [6.07, 6.45) is -0.363. The van der Waals surface area contributed by atoms with Crippen molar-refractivity contribution >= 4 is 17.7 Å². The third kappa shape index (κ3) is 7.46. The number of aliphatic hydroxyl groups excluding tert-OH is 1. The Morgan fingerprint density at radius 3 is 2.40 bits per heavy atom. The van der Waals surface area contributed by atoms with Crippen LogP contribution in [0.5, 0.6) is 0 Å². The lowest BCUT2D eigenvalue weighted by atomic mass is 10.0. The van der Waals surface area contributed by atoms with Gasteiger partial charge in [0.15, 0.2) is 11.6 Å². The molecule has 0 radical (unpaired) electrons. The number of nitrogens with one attached hydrogen (secondary N) is 1. The summed E-state index contributed by atoms with van der Waals surface area (Å²) < 4.78 is 32.5. The molecule has 2 aromatic carbocycles. The molecule has 3 aromatic rings. The zero-order chi connectivity index (χ0) is 25.5. The van der Waals surface area contributed by atoms with Gasteiger partial charge in [0.2, 0.25) is 5.91 Å². The zero-order valence-corrected chi connectivity index (χ0v) is 19.6. The van der Waals surface area contributed by atoms with Crippen LogP contribution in [0, 0.1) is 11.6 Å². The van der Waals surface area contributed by atoms with Crippen molar-refractivity contribution in [2.45, 2.75) is 45.4 Å². The summed E-state index contributed by atoms with van der Waals surface area (Å²) in [5.41, 5.74) is 8.37. The minimum Gasteiger partial charge on any atom is -0.435 e. The third-order valence-corrected chi connectivity index (χ3v) is 5.47.